The maximum atomic E-state index is 12.8. The van der Waals surface area contributed by atoms with Crippen molar-refractivity contribution in [3.63, 3.8) is 0 Å². The Labute approximate surface area is 157 Å². The van der Waals surface area contributed by atoms with Gasteiger partial charge in [-0.25, -0.2) is 0 Å². The molecule has 0 atom stereocenters. The zero-order valence-electron chi connectivity index (χ0n) is 16.0. The number of amides is 1. The molecule has 2 aromatic carbocycles. The van der Waals surface area contributed by atoms with E-state index in [9.17, 15) is 4.79 Å². The van der Waals surface area contributed by atoms with Gasteiger partial charge in [0.15, 0.2) is 0 Å². The largest absolute Gasteiger partial charge is 0.312 e. The lowest BCUT2D eigenvalue weighted by molar-refractivity contribution is -0.120. The number of carbonyl (C=O) groups excluding carboxylic acids is 1. The van der Waals surface area contributed by atoms with E-state index in [1.807, 2.05) is 24.0 Å². The van der Waals surface area contributed by atoms with Gasteiger partial charge < -0.3 is 4.90 Å². The molecule has 1 heterocycles. The summed E-state index contributed by atoms with van der Waals surface area (Å²) in [6.45, 7) is 7.40. The van der Waals surface area contributed by atoms with Crippen molar-refractivity contribution in [3.8, 4) is 0 Å². The first-order valence-corrected chi connectivity index (χ1v) is 9.79. The zero-order chi connectivity index (χ0) is 18.4. The third-order valence-electron chi connectivity index (χ3n) is 5.36. The lowest BCUT2D eigenvalue weighted by Gasteiger charge is -2.33. The molecule has 1 aliphatic rings. The molecule has 0 unspecified atom stereocenters. The van der Waals surface area contributed by atoms with Gasteiger partial charge in [0.25, 0.3) is 0 Å². The number of likely N-dealkylation sites (N-methyl/N-ethyl adjacent to an activating group) is 1. The topological polar surface area (TPSA) is 23.6 Å². The molecule has 138 valence electrons. The summed E-state index contributed by atoms with van der Waals surface area (Å²) in [4.78, 5) is 17.0. The van der Waals surface area contributed by atoms with Gasteiger partial charge in [0.05, 0.1) is 6.54 Å². The minimum atomic E-state index is 0.208. The molecule has 0 aliphatic carbocycles. The van der Waals surface area contributed by atoms with E-state index in [4.69, 9.17) is 0 Å². The highest BCUT2D eigenvalue weighted by Crippen LogP contribution is 2.22. The van der Waals surface area contributed by atoms with E-state index in [2.05, 4.69) is 54.3 Å². The van der Waals surface area contributed by atoms with Gasteiger partial charge in [-0.3, -0.25) is 9.69 Å². The van der Waals surface area contributed by atoms with Crippen LogP contribution in [0, 0.1) is 12.8 Å². The second-order valence-corrected chi connectivity index (χ2v) is 7.39. The van der Waals surface area contributed by atoms with Crippen LogP contribution in [0.25, 0.3) is 0 Å². The predicted octanol–water partition coefficient (Wildman–Crippen LogP) is 4.30. The van der Waals surface area contributed by atoms with E-state index in [-0.39, 0.29) is 5.91 Å². The van der Waals surface area contributed by atoms with E-state index in [0.29, 0.717) is 13.1 Å². The van der Waals surface area contributed by atoms with Crippen molar-refractivity contribution < 1.29 is 4.79 Å². The number of anilines is 1. The Morgan fingerprint density at radius 1 is 1.08 bits per heavy atom. The zero-order valence-corrected chi connectivity index (χ0v) is 16.0. The number of nitrogens with zero attached hydrogens (tertiary/aromatic N) is 2. The van der Waals surface area contributed by atoms with Crippen LogP contribution in [0.15, 0.2) is 54.6 Å². The Hall–Kier alpha value is -2.13. The summed E-state index contributed by atoms with van der Waals surface area (Å²) < 4.78 is 0. The second-order valence-electron chi connectivity index (χ2n) is 7.39. The Bertz CT molecular complexity index is 705. The van der Waals surface area contributed by atoms with Gasteiger partial charge in [0.1, 0.15) is 0 Å². The summed E-state index contributed by atoms with van der Waals surface area (Å²) in [6, 6.07) is 19.0. The highest BCUT2D eigenvalue weighted by Gasteiger charge is 2.23. The molecule has 1 saturated heterocycles. The molecule has 0 saturated carbocycles. The summed E-state index contributed by atoms with van der Waals surface area (Å²) >= 11 is 0. The molecule has 2 aromatic rings. The summed E-state index contributed by atoms with van der Waals surface area (Å²) in [5.74, 6) is 0.947. The minimum absolute atomic E-state index is 0.208. The van der Waals surface area contributed by atoms with E-state index in [1.54, 1.807) is 0 Å². The molecule has 0 aromatic heterocycles. The van der Waals surface area contributed by atoms with Crippen LogP contribution < -0.4 is 4.90 Å². The lowest BCUT2D eigenvalue weighted by atomic mass is 9.90. The molecular weight excluding hydrogens is 320 g/mol. The molecule has 26 heavy (non-hydrogen) atoms. The van der Waals surface area contributed by atoms with Gasteiger partial charge in [-0.1, -0.05) is 42.5 Å². The number of benzene rings is 2. The number of hydrogen-bond acceptors (Lipinski definition) is 2. The molecule has 0 N–H and O–H groups in total. The minimum Gasteiger partial charge on any atom is -0.312 e. The van der Waals surface area contributed by atoms with Crippen LogP contribution in [0.2, 0.25) is 0 Å². The quantitative estimate of drug-likeness (QED) is 0.775. The van der Waals surface area contributed by atoms with Crippen molar-refractivity contribution in [3.05, 3.63) is 65.7 Å². The molecule has 3 rings (SSSR count). The van der Waals surface area contributed by atoms with Crippen LogP contribution in [0.1, 0.15) is 30.9 Å². The van der Waals surface area contributed by atoms with Gasteiger partial charge in [-0.05, 0) is 75.4 Å². The average molecular weight is 351 g/mol. The first kappa shape index (κ1) is 18.7. The van der Waals surface area contributed by atoms with Crippen molar-refractivity contribution >= 4 is 11.6 Å². The smallest absolute Gasteiger partial charge is 0.241 e. The number of aryl methyl sites for hydroxylation is 1. The first-order valence-electron chi connectivity index (χ1n) is 9.79. The maximum absolute atomic E-state index is 12.8. The van der Waals surface area contributed by atoms with E-state index in [1.165, 1.54) is 24.0 Å². The second kappa shape index (κ2) is 9.00. The van der Waals surface area contributed by atoms with Gasteiger partial charge in [0, 0.05) is 12.2 Å². The van der Waals surface area contributed by atoms with Gasteiger partial charge in [0.2, 0.25) is 5.91 Å². The molecule has 0 bridgehead atoms. The highest BCUT2D eigenvalue weighted by atomic mass is 16.2. The van der Waals surface area contributed by atoms with Gasteiger partial charge in [-0.15, -0.1) is 0 Å². The molecule has 0 spiro atoms. The Morgan fingerprint density at radius 3 is 2.46 bits per heavy atom. The Morgan fingerprint density at radius 2 is 1.81 bits per heavy atom. The fraction of sp³-hybridized carbons (Fsp3) is 0.435. The number of carbonyl (C=O) groups is 1. The molecule has 1 aliphatic heterocycles. The fourth-order valence-electron chi connectivity index (χ4n) is 3.87. The van der Waals surface area contributed by atoms with E-state index in [0.717, 1.165) is 31.1 Å². The number of piperidine rings is 1. The van der Waals surface area contributed by atoms with E-state index >= 15 is 0 Å². The van der Waals surface area contributed by atoms with Crippen LogP contribution in [0.5, 0.6) is 0 Å². The summed E-state index contributed by atoms with van der Waals surface area (Å²) in [7, 11) is 0. The molecule has 3 nitrogen and oxygen atoms in total. The Balaban J connectivity index is 1.51. The first-order chi connectivity index (χ1) is 12.7. The van der Waals surface area contributed by atoms with Crippen LogP contribution in [0.4, 0.5) is 5.69 Å². The molecule has 1 amide bonds. The number of rotatable bonds is 6. The fourth-order valence-corrected chi connectivity index (χ4v) is 3.87. The summed E-state index contributed by atoms with van der Waals surface area (Å²) in [5, 5.41) is 0. The van der Waals surface area contributed by atoms with Gasteiger partial charge in [-0.2, -0.15) is 0 Å². The molecule has 0 radical (unpaired) electrons. The van der Waals surface area contributed by atoms with Crippen LogP contribution in [-0.4, -0.2) is 37.0 Å². The molecular formula is C23H30N2O. The average Bonchev–Trinajstić information content (AvgIpc) is 2.65. The summed E-state index contributed by atoms with van der Waals surface area (Å²) in [5.41, 5.74) is 3.63. The van der Waals surface area contributed by atoms with Crippen LogP contribution >= 0.6 is 0 Å². The molecule has 3 heteroatoms. The van der Waals surface area contributed by atoms with E-state index < -0.39 is 0 Å². The lowest BCUT2D eigenvalue weighted by Crippen LogP contribution is -2.43. The number of hydrogen-bond donors (Lipinski definition) is 0. The third kappa shape index (κ3) is 4.95. The maximum Gasteiger partial charge on any atom is 0.241 e. The third-order valence-corrected chi connectivity index (χ3v) is 5.36. The standard InChI is InChI=1S/C23H30N2O/c1-3-25(22-11-7-8-19(2)16-22)23(26)18-24-14-12-21(13-15-24)17-20-9-5-4-6-10-20/h4-11,16,21H,3,12-15,17-18H2,1-2H3. The van der Waals surface area contributed by atoms with Crippen LogP contribution in [0.3, 0.4) is 0 Å². The molecule has 1 fully saturated rings. The SMILES string of the molecule is CCN(C(=O)CN1CCC(Cc2ccccc2)CC1)c1cccc(C)c1. The van der Waals surface area contributed by atoms with Crippen LogP contribution in [-0.2, 0) is 11.2 Å². The highest BCUT2D eigenvalue weighted by molar-refractivity contribution is 5.94. The van der Waals surface area contributed by atoms with Crippen molar-refractivity contribution in [1.82, 2.24) is 4.90 Å². The predicted molar refractivity (Wildman–Crippen MR) is 109 cm³/mol. The van der Waals surface area contributed by atoms with Crippen molar-refractivity contribution in [2.45, 2.75) is 33.1 Å². The monoisotopic (exact) mass is 350 g/mol. The van der Waals surface area contributed by atoms with Crippen molar-refractivity contribution in [1.29, 1.82) is 0 Å². The Kier molecular flexibility index (Phi) is 6.45. The van der Waals surface area contributed by atoms with Crippen molar-refractivity contribution in [2.75, 3.05) is 31.1 Å². The van der Waals surface area contributed by atoms with Crippen molar-refractivity contribution in [2.24, 2.45) is 5.92 Å². The van der Waals surface area contributed by atoms with Gasteiger partial charge >= 0.3 is 0 Å². The number of likely N-dealkylation sites (tertiary alicyclic amines) is 1. The normalized spacial score (nSPS) is 15.8. The summed E-state index contributed by atoms with van der Waals surface area (Å²) in [6.07, 6.45) is 3.52.